The second-order valence-corrected chi connectivity index (χ2v) is 5.62. The average Bonchev–Trinajstić information content (AvgIpc) is 2.61. The molecule has 10 heteroatoms. The van der Waals surface area contributed by atoms with Gasteiger partial charge in [-0.15, -0.1) is 0 Å². The van der Waals surface area contributed by atoms with Crippen molar-refractivity contribution in [2.75, 3.05) is 45.6 Å². The number of pyridine rings is 1. The van der Waals surface area contributed by atoms with E-state index in [9.17, 15) is 14.4 Å². The van der Waals surface area contributed by atoms with E-state index in [1.165, 1.54) is 28.9 Å². The molecule has 0 unspecified atom stereocenters. The summed E-state index contributed by atoms with van der Waals surface area (Å²) in [5.41, 5.74) is 2.76. The van der Waals surface area contributed by atoms with Gasteiger partial charge >= 0.3 is 6.09 Å². The number of hydrogen-bond donors (Lipinski definition) is 1. The minimum Gasteiger partial charge on any atom is -0.466 e. The van der Waals surface area contributed by atoms with E-state index in [2.05, 4.69) is 5.43 Å². The summed E-state index contributed by atoms with van der Waals surface area (Å²) in [5.74, 6) is -0.431. The number of carbonyl (C=O) groups is 2. The van der Waals surface area contributed by atoms with Crippen LogP contribution >= 0.6 is 0 Å². The first-order valence-electron chi connectivity index (χ1n) is 7.94. The molecule has 0 radical (unpaired) electrons. The number of nitrogens with zero attached hydrogens (tertiary/aromatic N) is 3. The van der Waals surface area contributed by atoms with E-state index in [-0.39, 0.29) is 36.9 Å². The molecule has 1 N–H and O–H groups in total. The fourth-order valence-corrected chi connectivity index (χ4v) is 2.66. The zero-order chi connectivity index (χ0) is 18.0. The van der Waals surface area contributed by atoms with Gasteiger partial charge in [0.15, 0.2) is 18.2 Å². The van der Waals surface area contributed by atoms with Crippen molar-refractivity contribution in [1.29, 1.82) is 0 Å². The highest BCUT2D eigenvalue weighted by Crippen LogP contribution is 2.22. The maximum Gasteiger partial charge on any atom is 0.412 e. The summed E-state index contributed by atoms with van der Waals surface area (Å²) in [4.78, 5) is 39.4. The van der Waals surface area contributed by atoms with Crippen LogP contribution in [0.25, 0.3) is 0 Å². The lowest BCUT2D eigenvalue weighted by molar-refractivity contribution is -0.00342. The van der Waals surface area contributed by atoms with E-state index in [1.54, 1.807) is 11.8 Å². The molecule has 1 fully saturated rings. The number of rotatable bonds is 4. The van der Waals surface area contributed by atoms with Crippen LogP contribution in [0.4, 0.5) is 4.79 Å². The third-order valence-electron chi connectivity index (χ3n) is 3.92. The predicted molar refractivity (Wildman–Crippen MR) is 86.0 cm³/mol. The Morgan fingerprint density at radius 1 is 1.48 bits per heavy atom. The van der Waals surface area contributed by atoms with Crippen molar-refractivity contribution in [1.82, 2.24) is 14.5 Å². The Balaban J connectivity index is 1.85. The Morgan fingerprint density at radius 3 is 3.04 bits per heavy atom. The van der Waals surface area contributed by atoms with E-state index in [1.807, 2.05) is 0 Å². The molecule has 0 bridgehead atoms. The lowest BCUT2D eigenvalue weighted by atomic mass is 10.2. The summed E-state index contributed by atoms with van der Waals surface area (Å²) in [5, 5.41) is 0. The third kappa shape index (κ3) is 3.25. The topological polar surface area (TPSA) is 102 Å². The molecular formula is C15H20N4O6. The largest absolute Gasteiger partial charge is 0.466 e. The fourth-order valence-electron chi connectivity index (χ4n) is 2.66. The van der Waals surface area contributed by atoms with Gasteiger partial charge in [-0.05, 0) is 6.92 Å². The van der Waals surface area contributed by atoms with Gasteiger partial charge in [0.2, 0.25) is 5.43 Å². The van der Waals surface area contributed by atoms with E-state index in [0.29, 0.717) is 19.8 Å². The lowest BCUT2D eigenvalue weighted by Crippen LogP contribution is -2.59. The number of amides is 2. The number of morpholine rings is 1. The second-order valence-electron chi connectivity index (χ2n) is 5.62. The SMILES string of the molecule is CCOC(=O)N(C)COc1c2n(ccc1=O)N[C@@H]1COCCN1C2=O. The van der Waals surface area contributed by atoms with Crippen molar-refractivity contribution in [2.45, 2.75) is 13.1 Å². The van der Waals surface area contributed by atoms with Gasteiger partial charge in [-0.25, -0.2) is 4.79 Å². The lowest BCUT2D eigenvalue weighted by Gasteiger charge is -2.41. The van der Waals surface area contributed by atoms with Gasteiger partial charge in [-0.2, -0.15) is 0 Å². The van der Waals surface area contributed by atoms with Crippen molar-refractivity contribution in [2.24, 2.45) is 0 Å². The van der Waals surface area contributed by atoms with Crippen molar-refractivity contribution >= 4 is 12.0 Å². The van der Waals surface area contributed by atoms with Crippen LogP contribution in [0.2, 0.25) is 0 Å². The van der Waals surface area contributed by atoms with Crippen molar-refractivity contribution in [3.05, 3.63) is 28.2 Å². The Kier molecular flexibility index (Phi) is 4.79. The molecule has 2 aliphatic rings. The molecule has 1 aromatic rings. The fraction of sp³-hybridized carbons (Fsp3) is 0.533. The highest BCUT2D eigenvalue weighted by atomic mass is 16.6. The zero-order valence-electron chi connectivity index (χ0n) is 14.1. The Labute approximate surface area is 143 Å². The molecular weight excluding hydrogens is 332 g/mol. The summed E-state index contributed by atoms with van der Waals surface area (Å²) < 4.78 is 17.2. The van der Waals surface area contributed by atoms with E-state index >= 15 is 0 Å². The van der Waals surface area contributed by atoms with Crippen LogP contribution in [0, 0.1) is 0 Å². The highest BCUT2D eigenvalue weighted by Gasteiger charge is 2.37. The summed E-state index contributed by atoms with van der Waals surface area (Å²) in [6.45, 7) is 2.91. The molecule has 10 nitrogen and oxygen atoms in total. The quantitative estimate of drug-likeness (QED) is 0.738. The number of aromatic nitrogens is 1. The van der Waals surface area contributed by atoms with Crippen LogP contribution in [-0.2, 0) is 9.47 Å². The molecule has 0 saturated carbocycles. The van der Waals surface area contributed by atoms with Crippen LogP contribution in [0.15, 0.2) is 17.1 Å². The van der Waals surface area contributed by atoms with Gasteiger partial charge < -0.3 is 24.5 Å². The Hall–Kier alpha value is -2.75. The van der Waals surface area contributed by atoms with E-state index in [4.69, 9.17) is 14.2 Å². The van der Waals surface area contributed by atoms with Gasteiger partial charge in [0.1, 0.15) is 6.17 Å². The van der Waals surface area contributed by atoms with Crippen LogP contribution in [0.3, 0.4) is 0 Å². The molecule has 1 aromatic heterocycles. The summed E-state index contributed by atoms with van der Waals surface area (Å²) in [6, 6.07) is 1.29. The monoisotopic (exact) mass is 352 g/mol. The molecule has 1 saturated heterocycles. The molecule has 0 aliphatic carbocycles. The number of carbonyl (C=O) groups excluding carboxylic acids is 2. The van der Waals surface area contributed by atoms with Gasteiger partial charge in [0, 0.05) is 25.9 Å². The first-order chi connectivity index (χ1) is 12.0. The predicted octanol–water partition coefficient (Wildman–Crippen LogP) is -0.371. The molecule has 136 valence electrons. The van der Waals surface area contributed by atoms with Crippen LogP contribution in [-0.4, -0.2) is 72.8 Å². The molecule has 0 spiro atoms. The first kappa shape index (κ1) is 17.1. The van der Waals surface area contributed by atoms with Crippen LogP contribution in [0.5, 0.6) is 5.75 Å². The van der Waals surface area contributed by atoms with Gasteiger partial charge in [0.25, 0.3) is 5.91 Å². The van der Waals surface area contributed by atoms with Gasteiger partial charge in [-0.3, -0.25) is 19.2 Å². The molecule has 3 heterocycles. The molecule has 0 aromatic carbocycles. The highest BCUT2D eigenvalue weighted by molar-refractivity contribution is 5.96. The van der Waals surface area contributed by atoms with Gasteiger partial charge in [0.05, 0.1) is 19.8 Å². The van der Waals surface area contributed by atoms with E-state index < -0.39 is 11.5 Å². The number of fused-ring (bicyclic) bond motifs is 2. The normalized spacial score (nSPS) is 18.7. The third-order valence-corrected chi connectivity index (χ3v) is 3.92. The van der Waals surface area contributed by atoms with Gasteiger partial charge in [-0.1, -0.05) is 0 Å². The Morgan fingerprint density at radius 2 is 2.28 bits per heavy atom. The molecule has 3 rings (SSSR count). The van der Waals surface area contributed by atoms with Crippen LogP contribution < -0.4 is 15.6 Å². The first-order valence-corrected chi connectivity index (χ1v) is 7.94. The summed E-state index contributed by atoms with van der Waals surface area (Å²) in [7, 11) is 1.48. The Bertz CT molecular complexity index is 733. The number of hydrogen-bond acceptors (Lipinski definition) is 7. The molecule has 1 atom stereocenters. The number of ether oxygens (including phenoxy) is 3. The smallest absolute Gasteiger partial charge is 0.412 e. The van der Waals surface area contributed by atoms with Crippen molar-refractivity contribution < 1.29 is 23.8 Å². The second kappa shape index (κ2) is 7.01. The maximum absolute atomic E-state index is 12.8. The zero-order valence-corrected chi connectivity index (χ0v) is 14.1. The minimum atomic E-state index is -0.579. The molecule has 25 heavy (non-hydrogen) atoms. The number of nitrogens with one attached hydrogen (secondary N) is 1. The van der Waals surface area contributed by atoms with Crippen molar-refractivity contribution in [3.8, 4) is 5.75 Å². The summed E-state index contributed by atoms with van der Waals surface area (Å²) >= 11 is 0. The minimum absolute atomic E-state index is 0.0999. The van der Waals surface area contributed by atoms with Crippen LogP contribution in [0.1, 0.15) is 17.4 Å². The van der Waals surface area contributed by atoms with E-state index in [0.717, 1.165) is 0 Å². The summed E-state index contributed by atoms with van der Waals surface area (Å²) in [6.07, 6.45) is 0.597. The maximum atomic E-state index is 12.8. The van der Waals surface area contributed by atoms with Crippen molar-refractivity contribution in [3.63, 3.8) is 0 Å². The standard InChI is InChI=1S/C15H20N4O6/c1-3-24-15(22)17(2)9-25-13-10(20)4-5-19-12(13)14(21)18-6-7-23-8-11(18)16-19/h4-5,11,16H,3,6-9H2,1-2H3/t11-/m0/s1. The molecule has 2 aliphatic heterocycles. The molecule has 2 amide bonds. The average molecular weight is 352 g/mol.